The molecule has 0 bridgehead atoms. The molecular formula is C7H15N3O3. The maximum Gasteiger partial charge on any atom is 0.422 e. The molecule has 0 aliphatic heterocycles. The minimum Gasteiger partial charge on any atom is -0.443 e. The van der Waals surface area contributed by atoms with E-state index in [-0.39, 0.29) is 6.54 Å². The van der Waals surface area contributed by atoms with E-state index < -0.39 is 17.6 Å². The third-order valence-electron chi connectivity index (χ3n) is 0.852. The molecule has 2 amide bonds. The van der Waals surface area contributed by atoms with Crippen molar-refractivity contribution in [3.63, 3.8) is 0 Å². The first kappa shape index (κ1) is 11.7. The number of amides is 2. The fourth-order valence-electron chi connectivity index (χ4n) is 0.507. The first-order valence-electron chi connectivity index (χ1n) is 3.81. The van der Waals surface area contributed by atoms with Crippen molar-refractivity contribution in [1.29, 1.82) is 0 Å². The van der Waals surface area contributed by atoms with E-state index in [1.807, 2.05) is 0 Å². The fourth-order valence-corrected chi connectivity index (χ4v) is 0.507. The molecular weight excluding hydrogens is 174 g/mol. The standard InChI is InChI=1S/C7H15N3O3/c1-7(2,3)13-6(12)10-9-4-5(8)11/h9H,4H2,1-3H3,(H2,8,11)(H,10,12). The van der Waals surface area contributed by atoms with E-state index in [0.717, 1.165) is 0 Å². The molecule has 0 radical (unpaired) electrons. The van der Waals surface area contributed by atoms with Crippen molar-refractivity contribution in [2.75, 3.05) is 6.54 Å². The minimum atomic E-state index is -0.645. The third kappa shape index (κ3) is 8.61. The lowest BCUT2D eigenvalue weighted by Crippen LogP contribution is -2.44. The molecule has 0 saturated carbocycles. The molecule has 6 nitrogen and oxygen atoms in total. The number of ether oxygens (including phenoxy) is 1. The fraction of sp³-hybridized carbons (Fsp3) is 0.714. The second-order valence-corrected chi connectivity index (χ2v) is 3.45. The van der Waals surface area contributed by atoms with E-state index >= 15 is 0 Å². The lowest BCUT2D eigenvalue weighted by molar-refractivity contribution is -0.117. The predicted molar refractivity (Wildman–Crippen MR) is 46.6 cm³/mol. The van der Waals surface area contributed by atoms with E-state index in [0.29, 0.717) is 0 Å². The minimum absolute atomic E-state index is 0.126. The van der Waals surface area contributed by atoms with Gasteiger partial charge in [-0.25, -0.2) is 10.2 Å². The van der Waals surface area contributed by atoms with Crippen LogP contribution in [0.2, 0.25) is 0 Å². The third-order valence-corrected chi connectivity index (χ3v) is 0.852. The molecule has 0 atom stereocenters. The van der Waals surface area contributed by atoms with Gasteiger partial charge in [0.05, 0.1) is 6.54 Å². The summed E-state index contributed by atoms with van der Waals surface area (Å²) in [6, 6.07) is 0. The summed E-state index contributed by atoms with van der Waals surface area (Å²) in [5.74, 6) is -0.559. The Labute approximate surface area is 76.8 Å². The Morgan fingerprint density at radius 3 is 2.31 bits per heavy atom. The molecule has 13 heavy (non-hydrogen) atoms. The number of rotatable bonds is 3. The highest BCUT2D eigenvalue weighted by molar-refractivity contribution is 5.76. The average Bonchev–Trinajstić information content (AvgIpc) is 1.81. The van der Waals surface area contributed by atoms with E-state index in [1.165, 1.54) is 0 Å². The molecule has 0 aromatic heterocycles. The molecule has 0 fully saturated rings. The maximum absolute atomic E-state index is 10.9. The normalized spacial score (nSPS) is 10.7. The molecule has 0 saturated heterocycles. The summed E-state index contributed by atoms with van der Waals surface area (Å²) in [6.07, 6.45) is -0.645. The van der Waals surface area contributed by atoms with Gasteiger partial charge in [-0.2, -0.15) is 0 Å². The van der Waals surface area contributed by atoms with Crippen LogP contribution in [0.5, 0.6) is 0 Å². The summed E-state index contributed by atoms with van der Waals surface area (Å²) < 4.78 is 4.85. The van der Waals surface area contributed by atoms with Gasteiger partial charge in [0.25, 0.3) is 0 Å². The van der Waals surface area contributed by atoms with Gasteiger partial charge in [0.1, 0.15) is 5.60 Å². The summed E-state index contributed by atoms with van der Waals surface area (Å²) in [5, 5.41) is 0. The first-order valence-corrected chi connectivity index (χ1v) is 3.81. The van der Waals surface area contributed by atoms with E-state index in [2.05, 4.69) is 10.9 Å². The number of hydrogen-bond acceptors (Lipinski definition) is 4. The van der Waals surface area contributed by atoms with E-state index in [9.17, 15) is 9.59 Å². The highest BCUT2D eigenvalue weighted by atomic mass is 16.6. The van der Waals surface area contributed by atoms with Crippen LogP contribution in [-0.4, -0.2) is 24.1 Å². The Balaban J connectivity index is 3.59. The molecule has 0 aliphatic rings. The van der Waals surface area contributed by atoms with Gasteiger partial charge in [0, 0.05) is 0 Å². The number of carbonyl (C=O) groups is 2. The molecule has 0 aliphatic carbocycles. The van der Waals surface area contributed by atoms with E-state index in [1.54, 1.807) is 20.8 Å². The smallest absolute Gasteiger partial charge is 0.422 e. The van der Waals surface area contributed by atoms with Crippen molar-refractivity contribution < 1.29 is 14.3 Å². The van der Waals surface area contributed by atoms with Gasteiger partial charge in [0.15, 0.2) is 0 Å². The maximum atomic E-state index is 10.9. The summed E-state index contributed by atoms with van der Waals surface area (Å²) in [6.45, 7) is 5.08. The van der Waals surface area contributed by atoms with E-state index in [4.69, 9.17) is 10.5 Å². The quantitative estimate of drug-likeness (QED) is 0.522. The second kappa shape index (κ2) is 4.66. The largest absolute Gasteiger partial charge is 0.443 e. The molecule has 0 unspecified atom stereocenters. The molecule has 6 heteroatoms. The van der Waals surface area contributed by atoms with Crippen LogP contribution < -0.4 is 16.6 Å². The first-order chi connectivity index (χ1) is 5.81. The zero-order chi connectivity index (χ0) is 10.5. The van der Waals surface area contributed by atoms with Crippen LogP contribution in [-0.2, 0) is 9.53 Å². The molecule has 76 valence electrons. The summed E-state index contributed by atoms with van der Waals surface area (Å²) >= 11 is 0. The average molecular weight is 189 g/mol. The lowest BCUT2D eigenvalue weighted by atomic mass is 10.2. The zero-order valence-corrected chi connectivity index (χ0v) is 8.01. The van der Waals surface area contributed by atoms with Crippen molar-refractivity contribution in [3.05, 3.63) is 0 Å². The van der Waals surface area contributed by atoms with Crippen LogP contribution in [0.3, 0.4) is 0 Å². The number of nitrogens with one attached hydrogen (secondary N) is 2. The molecule has 0 spiro atoms. The Hall–Kier alpha value is -1.30. The lowest BCUT2D eigenvalue weighted by Gasteiger charge is -2.19. The van der Waals surface area contributed by atoms with Crippen molar-refractivity contribution >= 4 is 12.0 Å². The van der Waals surface area contributed by atoms with Crippen molar-refractivity contribution in [3.8, 4) is 0 Å². The van der Waals surface area contributed by atoms with Gasteiger partial charge in [-0.3, -0.25) is 10.2 Å². The summed E-state index contributed by atoms with van der Waals surface area (Å²) in [4.78, 5) is 21.1. The van der Waals surface area contributed by atoms with Gasteiger partial charge in [-0.05, 0) is 20.8 Å². The van der Waals surface area contributed by atoms with Crippen molar-refractivity contribution in [2.45, 2.75) is 26.4 Å². The van der Waals surface area contributed by atoms with Gasteiger partial charge in [0.2, 0.25) is 5.91 Å². The number of nitrogens with two attached hydrogens (primary N) is 1. The SMILES string of the molecule is CC(C)(C)OC(=O)NNCC(N)=O. The number of primary amides is 1. The van der Waals surface area contributed by atoms with Crippen LogP contribution in [0.4, 0.5) is 4.79 Å². The molecule has 0 rings (SSSR count). The molecule has 0 aromatic carbocycles. The number of hydrogen-bond donors (Lipinski definition) is 3. The topological polar surface area (TPSA) is 93.4 Å². The van der Waals surface area contributed by atoms with Gasteiger partial charge >= 0.3 is 6.09 Å². The van der Waals surface area contributed by atoms with Gasteiger partial charge in [-0.1, -0.05) is 0 Å². The molecule has 4 N–H and O–H groups in total. The van der Waals surface area contributed by atoms with Crippen LogP contribution in [0.15, 0.2) is 0 Å². The van der Waals surface area contributed by atoms with Crippen LogP contribution in [0.1, 0.15) is 20.8 Å². The van der Waals surface area contributed by atoms with Gasteiger partial charge in [-0.15, -0.1) is 0 Å². The number of hydrazine groups is 1. The molecule has 0 heterocycles. The highest BCUT2D eigenvalue weighted by Crippen LogP contribution is 2.05. The second-order valence-electron chi connectivity index (χ2n) is 3.45. The predicted octanol–water partition coefficient (Wildman–Crippen LogP) is -0.499. The summed E-state index contributed by atoms with van der Waals surface area (Å²) in [5.41, 5.74) is 8.72. The zero-order valence-electron chi connectivity index (χ0n) is 8.01. The Morgan fingerprint density at radius 1 is 1.38 bits per heavy atom. The van der Waals surface area contributed by atoms with Crippen LogP contribution in [0.25, 0.3) is 0 Å². The van der Waals surface area contributed by atoms with Crippen LogP contribution in [0, 0.1) is 0 Å². The number of carbonyl (C=O) groups excluding carboxylic acids is 2. The Morgan fingerprint density at radius 2 is 1.92 bits per heavy atom. The molecule has 0 aromatic rings. The Bertz CT molecular complexity index is 198. The van der Waals surface area contributed by atoms with Crippen molar-refractivity contribution in [2.24, 2.45) is 5.73 Å². The monoisotopic (exact) mass is 189 g/mol. The van der Waals surface area contributed by atoms with Crippen molar-refractivity contribution in [1.82, 2.24) is 10.9 Å². The highest BCUT2D eigenvalue weighted by Gasteiger charge is 2.15. The Kier molecular flexibility index (Phi) is 4.19. The summed E-state index contributed by atoms with van der Waals surface area (Å²) in [7, 11) is 0. The van der Waals surface area contributed by atoms with Crippen LogP contribution >= 0.6 is 0 Å². The van der Waals surface area contributed by atoms with Gasteiger partial charge < -0.3 is 10.5 Å².